The number of nitrogens with one attached hydrogen (secondary N) is 1. The number of benzene rings is 2. The molecular weight excluding hydrogens is 392 g/mol. The van der Waals surface area contributed by atoms with E-state index in [0.717, 1.165) is 34.5 Å². The van der Waals surface area contributed by atoms with Gasteiger partial charge in [-0.25, -0.2) is 4.98 Å². The number of ether oxygens (including phenoxy) is 1. The van der Waals surface area contributed by atoms with Crippen LogP contribution < -0.4 is 15.9 Å². The second-order valence-electron chi connectivity index (χ2n) is 7.24. The van der Waals surface area contributed by atoms with Crippen molar-refractivity contribution in [3.63, 3.8) is 0 Å². The fourth-order valence-corrected chi connectivity index (χ4v) is 3.67. The van der Waals surface area contributed by atoms with Crippen molar-refractivity contribution in [3.8, 4) is 11.4 Å². The summed E-state index contributed by atoms with van der Waals surface area (Å²) in [7, 11) is 1.60. The van der Waals surface area contributed by atoms with E-state index in [4.69, 9.17) is 10.6 Å². The molecule has 8 heteroatoms. The molecule has 0 spiro atoms. The van der Waals surface area contributed by atoms with Gasteiger partial charge < -0.3 is 20.5 Å². The minimum Gasteiger partial charge on any atom is -0.495 e. The molecule has 1 amide bonds. The maximum Gasteiger partial charge on any atom is 0.249 e. The van der Waals surface area contributed by atoms with Crippen molar-refractivity contribution in [1.82, 2.24) is 14.9 Å². The molecule has 1 aliphatic heterocycles. The van der Waals surface area contributed by atoms with E-state index in [2.05, 4.69) is 20.4 Å². The number of carbonyl (C=O) groups excluding carboxylic acids is 1. The molecule has 0 aliphatic carbocycles. The van der Waals surface area contributed by atoms with Crippen molar-refractivity contribution < 1.29 is 9.53 Å². The van der Waals surface area contributed by atoms with Crippen LogP contribution in [0.4, 0.5) is 0 Å². The zero-order chi connectivity index (χ0) is 21.8. The number of hydrogen-bond donors (Lipinski definition) is 2. The number of amides is 1. The molecule has 31 heavy (non-hydrogen) atoms. The van der Waals surface area contributed by atoms with Crippen molar-refractivity contribution in [1.29, 1.82) is 0 Å². The van der Waals surface area contributed by atoms with Crippen LogP contribution in [0.3, 0.4) is 0 Å². The Morgan fingerprint density at radius 1 is 1.32 bits per heavy atom. The van der Waals surface area contributed by atoms with E-state index in [-0.39, 0.29) is 5.91 Å². The Balaban J connectivity index is 1.65. The third kappa shape index (κ3) is 4.18. The second-order valence-corrected chi connectivity index (χ2v) is 7.24. The highest BCUT2D eigenvalue weighted by Crippen LogP contribution is 2.26. The maximum absolute atomic E-state index is 12.6. The smallest absolute Gasteiger partial charge is 0.249 e. The molecule has 0 saturated heterocycles. The van der Waals surface area contributed by atoms with Crippen LogP contribution in [0.1, 0.15) is 28.4 Å². The van der Waals surface area contributed by atoms with Crippen molar-refractivity contribution >= 4 is 17.8 Å². The van der Waals surface area contributed by atoms with E-state index >= 15 is 0 Å². The van der Waals surface area contributed by atoms with Gasteiger partial charge in [0, 0.05) is 18.3 Å². The van der Waals surface area contributed by atoms with Gasteiger partial charge in [0.05, 0.1) is 31.0 Å². The van der Waals surface area contributed by atoms with Crippen LogP contribution in [0.5, 0.6) is 5.75 Å². The van der Waals surface area contributed by atoms with Gasteiger partial charge in [-0.05, 0) is 36.6 Å². The fraction of sp³-hybridized carbons (Fsp3) is 0.217. The molecule has 3 N–H and O–H groups in total. The number of hydrogen-bond acceptors (Lipinski definition) is 6. The Kier molecular flexibility index (Phi) is 5.79. The average Bonchev–Trinajstić information content (AvgIpc) is 3.15. The van der Waals surface area contributed by atoms with Crippen molar-refractivity contribution in [2.75, 3.05) is 13.7 Å². The molecule has 4 rings (SSSR count). The van der Waals surface area contributed by atoms with Crippen molar-refractivity contribution in [2.24, 2.45) is 15.9 Å². The highest BCUT2D eigenvalue weighted by Gasteiger charge is 2.24. The lowest BCUT2D eigenvalue weighted by Crippen LogP contribution is -2.27. The minimum absolute atomic E-state index is 0.138. The first-order valence-corrected chi connectivity index (χ1v) is 9.96. The number of methoxy groups -OCH3 is 1. The Morgan fingerprint density at radius 2 is 2.16 bits per heavy atom. The molecule has 0 bridgehead atoms. The van der Waals surface area contributed by atoms with E-state index in [0.29, 0.717) is 18.0 Å². The molecule has 158 valence electrons. The third-order valence-electron chi connectivity index (χ3n) is 5.24. The number of aromatic nitrogens is 2. The van der Waals surface area contributed by atoms with Gasteiger partial charge in [0.25, 0.3) is 0 Å². The summed E-state index contributed by atoms with van der Waals surface area (Å²) in [6, 6.07) is 12.8. The largest absolute Gasteiger partial charge is 0.495 e. The predicted molar refractivity (Wildman–Crippen MR) is 120 cm³/mol. The van der Waals surface area contributed by atoms with E-state index in [1.807, 2.05) is 60.2 Å². The Morgan fingerprint density at radius 3 is 2.90 bits per heavy atom. The molecule has 2 aromatic carbocycles. The van der Waals surface area contributed by atoms with Crippen LogP contribution in [0.15, 0.2) is 65.1 Å². The van der Waals surface area contributed by atoms with Crippen LogP contribution in [0, 0.1) is 6.92 Å². The SMILES string of the molecule is COc1cc(/C(C=NC2C(=O)NCCc3ccccc32)=N/N)ccc1-n1cnc(C)c1. The summed E-state index contributed by atoms with van der Waals surface area (Å²) in [5.41, 5.74) is 4.93. The van der Waals surface area contributed by atoms with Gasteiger partial charge in [-0.15, -0.1) is 0 Å². The number of hydrazone groups is 1. The number of nitrogens with zero attached hydrogens (tertiary/aromatic N) is 4. The summed E-state index contributed by atoms with van der Waals surface area (Å²) in [5.74, 6) is 6.17. The normalized spacial score (nSPS) is 16.6. The summed E-state index contributed by atoms with van der Waals surface area (Å²) in [6.07, 6.45) is 5.97. The zero-order valence-electron chi connectivity index (χ0n) is 17.4. The maximum atomic E-state index is 12.6. The van der Waals surface area contributed by atoms with E-state index in [1.165, 1.54) is 0 Å². The minimum atomic E-state index is -0.648. The summed E-state index contributed by atoms with van der Waals surface area (Å²) < 4.78 is 7.45. The highest BCUT2D eigenvalue weighted by atomic mass is 16.5. The lowest BCUT2D eigenvalue weighted by molar-refractivity contribution is -0.122. The average molecular weight is 416 g/mol. The summed E-state index contributed by atoms with van der Waals surface area (Å²) in [6.45, 7) is 2.51. The first kappa shape index (κ1) is 20.3. The standard InChI is InChI=1S/C23H24N6O2/c1-15-13-29(14-27-15)20-8-7-17(11-21(20)31-2)19(28-24)12-26-22-18-6-4-3-5-16(18)9-10-25-23(22)30/h3-8,11-14,22H,9-10,24H2,1-2H3,(H,25,30)/b26-12?,28-19+. The first-order valence-electron chi connectivity index (χ1n) is 9.96. The molecule has 0 fully saturated rings. The van der Waals surface area contributed by atoms with Crippen LogP contribution in [0.2, 0.25) is 0 Å². The molecule has 1 unspecified atom stereocenters. The van der Waals surface area contributed by atoms with Gasteiger partial charge in [-0.1, -0.05) is 30.3 Å². The molecule has 8 nitrogen and oxygen atoms in total. The molecule has 1 aromatic heterocycles. The lowest BCUT2D eigenvalue weighted by Gasteiger charge is -2.13. The van der Waals surface area contributed by atoms with Gasteiger partial charge >= 0.3 is 0 Å². The van der Waals surface area contributed by atoms with Crippen LogP contribution in [-0.4, -0.2) is 41.0 Å². The van der Waals surface area contributed by atoms with Crippen LogP contribution >= 0.6 is 0 Å². The molecule has 0 radical (unpaired) electrons. The number of carbonyl (C=O) groups is 1. The second kappa shape index (κ2) is 8.83. The van der Waals surface area contributed by atoms with Gasteiger partial charge in [0.15, 0.2) is 6.04 Å². The molecule has 3 aromatic rings. The van der Waals surface area contributed by atoms with Crippen LogP contribution in [0.25, 0.3) is 5.69 Å². The van der Waals surface area contributed by atoms with Gasteiger partial charge in [-0.3, -0.25) is 9.79 Å². The number of rotatable bonds is 5. The number of aliphatic imine (C=N–C) groups is 1. The zero-order valence-corrected chi connectivity index (χ0v) is 17.4. The van der Waals surface area contributed by atoms with Crippen LogP contribution in [-0.2, 0) is 11.2 Å². The van der Waals surface area contributed by atoms with E-state index in [9.17, 15) is 4.79 Å². The van der Waals surface area contributed by atoms with Crippen molar-refractivity contribution in [3.05, 3.63) is 77.4 Å². The van der Waals surface area contributed by atoms with E-state index in [1.54, 1.807) is 19.7 Å². The lowest BCUT2D eigenvalue weighted by atomic mass is 9.99. The Hall–Kier alpha value is -3.94. The fourth-order valence-electron chi connectivity index (χ4n) is 3.67. The van der Waals surface area contributed by atoms with Gasteiger partial charge in [0.2, 0.25) is 5.91 Å². The van der Waals surface area contributed by atoms with Gasteiger partial charge in [-0.2, -0.15) is 5.10 Å². The van der Waals surface area contributed by atoms with E-state index < -0.39 is 6.04 Å². The number of imidazole rings is 1. The quantitative estimate of drug-likeness (QED) is 0.378. The molecule has 1 aliphatic rings. The Labute approximate surface area is 180 Å². The topological polar surface area (TPSA) is 107 Å². The first-order chi connectivity index (χ1) is 15.1. The Bertz CT molecular complexity index is 1160. The third-order valence-corrected chi connectivity index (χ3v) is 5.24. The van der Waals surface area contributed by atoms with Crippen molar-refractivity contribution in [2.45, 2.75) is 19.4 Å². The molecular formula is C23H24N6O2. The summed E-state index contributed by atoms with van der Waals surface area (Å²) >= 11 is 0. The molecule has 2 heterocycles. The molecule has 1 atom stereocenters. The highest BCUT2D eigenvalue weighted by molar-refractivity contribution is 6.38. The summed E-state index contributed by atoms with van der Waals surface area (Å²) in [4.78, 5) is 21.4. The molecule has 0 saturated carbocycles. The predicted octanol–water partition coefficient (Wildman–Crippen LogP) is 2.34. The summed E-state index contributed by atoms with van der Waals surface area (Å²) in [5, 5.41) is 6.81. The monoisotopic (exact) mass is 416 g/mol. The van der Waals surface area contributed by atoms with Gasteiger partial charge in [0.1, 0.15) is 11.5 Å². The number of fused-ring (bicyclic) bond motifs is 1. The number of nitrogens with two attached hydrogens (primary N) is 1. The number of aryl methyl sites for hydroxylation is 1.